The zero-order chi connectivity index (χ0) is 26.2. The molecule has 0 bridgehead atoms. The number of aliphatic hydroxyl groups is 2. The largest absolute Gasteiger partial charge is 1.00 e. The second-order valence-electron chi connectivity index (χ2n) is 9.56. The number of benzene rings is 2. The number of fused-ring (bicyclic) bond motifs is 2. The molecule has 4 aromatic rings. The quantitative estimate of drug-likeness (QED) is 0.260. The maximum Gasteiger partial charge on any atom is 1.00 e. The normalized spacial score (nSPS) is 15.9. The number of aliphatic hydroxyl groups excluding tert-OH is 2. The SMILES string of the molecule is CC(O)c1ccc2cccnc2c1O.CO.[K+].c1cnc2c(C3CC3)c([N-]OC3CCCCC3)ccc2c1. The smallest absolute Gasteiger partial charge is 0.561 e. The van der Waals surface area contributed by atoms with Gasteiger partial charge in [-0.2, -0.15) is 0 Å². The van der Waals surface area contributed by atoms with E-state index in [4.69, 9.17) is 9.94 Å². The molecule has 7 nitrogen and oxygen atoms in total. The average molecular weight is 542 g/mol. The van der Waals surface area contributed by atoms with Crippen molar-refractivity contribution in [3.63, 3.8) is 0 Å². The van der Waals surface area contributed by atoms with Gasteiger partial charge >= 0.3 is 51.4 Å². The van der Waals surface area contributed by atoms with Crippen LogP contribution >= 0.6 is 0 Å². The zero-order valence-electron chi connectivity index (χ0n) is 22.5. The minimum Gasteiger partial charge on any atom is -0.561 e. The van der Waals surface area contributed by atoms with E-state index in [9.17, 15) is 10.2 Å². The third-order valence-electron chi connectivity index (χ3n) is 6.86. The van der Waals surface area contributed by atoms with Crippen molar-refractivity contribution in [3.05, 3.63) is 77.5 Å². The van der Waals surface area contributed by atoms with Crippen LogP contribution in [-0.4, -0.2) is 38.5 Å². The van der Waals surface area contributed by atoms with Crippen molar-refractivity contribution >= 4 is 27.5 Å². The van der Waals surface area contributed by atoms with Gasteiger partial charge in [0.15, 0.2) is 0 Å². The van der Waals surface area contributed by atoms with Gasteiger partial charge in [0.25, 0.3) is 0 Å². The van der Waals surface area contributed by atoms with Crippen molar-refractivity contribution in [2.75, 3.05) is 7.11 Å². The molecule has 2 aromatic carbocycles. The van der Waals surface area contributed by atoms with E-state index >= 15 is 0 Å². The Hall–Kier alpha value is -1.62. The molecule has 1 unspecified atom stereocenters. The molecule has 196 valence electrons. The van der Waals surface area contributed by atoms with E-state index in [0.717, 1.165) is 36.5 Å². The summed E-state index contributed by atoms with van der Waals surface area (Å²) in [6.07, 6.45) is 11.8. The summed E-state index contributed by atoms with van der Waals surface area (Å²) < 4.78 is 0. The Kier molecular flexibility index (Phi) is 12.4. The number of phenolic OH excluding ortho intramolecular Hbond substituents is 1. The predicted octanol–water partition coefficient (Wildman–Crippen LogP) is 3.99. The number of phenols is 1. The number of nitrogens with zero attached hydrogens (tertiary/aromatic N) is 3. The Bertz CT molecular complexity index is 1310. The van der Waals surface area contributed by atoms with Gasteiger partial charge in [0, 0.05) is 41.9 Å². The molecule has 2 saturated carbocycles. The summed E-state index contributed by atoms with van der Waals surface area (Å²) in [5, 5.41) is 28.2. The van der Waals surface area contributed by atoms with Crippen molar-refractivity contribution in [2.24, 2.45) is 0 Å². The van der Waals surface area contributed by atoms with Gasteiger partial charge in [0.2, 0.25) is 0 Å². The molecule has 2 aliphatic rings. The van der Waals surface area contributed by atoms with Crippen LogP contribution < -0.4 is 51.4 Å². The number of hydrogen-bond acceptors (Lipinski definition) is 6. The monoisotopic (exact) mass is 541 g/mol. The molecule has 0 spiro atoms. The summed E-state index contributed by atoms with van der Waals surface area (Å²) in [5.41, 5.74) is 8.94. The first-order valence-corrected chi connectivity index (χ1v) is 13.1. The summed E-state index contributed by atoms with van der Waals surface area (Å²) >= 11 is 0. The summed E-state index contributed by atoms with van der Waals surface area (Å²) in [5.74, 6) is 0.690. The Morgan fingerprint density at radius 1 is 0.842 bits per heavy atom. The maximum absolute atomic E-state index is 9.80. The molecule has 2 aliphatic carbocycles. The van der Waals surface area contributed by atoms with Crippen LogP contribution in [0, 0.1) is 0 Å². The van der Waals surface area contributed by atoms with E-state index in [0.29, 0.717) is 23.1 Å². The minimum atomic E-state index is -0.679. The molecule has 38 heavy (non-hydrogen) atoms. The van der Waals surface area contributed by atoms with E-state index in [1.165, 1.54) is 43.1 Å². The van der Waals surface area contributed by atoms with Crippen LogP contribution in [-0.2, 0) is 4.84 Å². The van der Waals surface area contributed by atoms with Crippen LogP contribution in [0.15, 0.2) is 60.9 Å². The Morgan fingerprint density at radius 3 is 2.08 bits per heavy atom. The van der Waals surface area contributed by atoms with E-state index in [2.05, 4.69) is 33.6 Å². The first-order valence-electron chi connectivity index (χ1n) is 13.1. The molecule has 2 fully saturated rings. The molecule has 2 aromatic heterocycles. The fourth-order valence-corrected chi connectivity index (χ4v) is 4.80. The second kappa shape index (κ2) is 15.2. The molecule has 1 atom stereocenters. The van der Waals surface area contributed by atoms with Gasteiger partial charge in [0.05, 0.1) is 11.6 Å². The van der Waals surface area contributed by atoms with Crippen LogP contribution in [0.3, 0.4) is 0 Å². The molecule has 0 amide bonds. The van der Waals surface area contributed by atoms with Gasteiger partial charge in [-0.3, -0.25) is 9.97 Å². The van der Waals surface area contributed by atoms with Crippen molar-refractivity contribution in [1.29, 1.82) is 0 Å². The molecular weight excluding hydrogens is 505 g/mol. The van der Waals surface area contributed by atoms with Gasteiger partial charge in [-0.1, -0.05) is 55.7 Å². The number of hydrogen-bond donors (Lipinski definition) is 3. The van der Waals surface area contributed by atoms with E-state index in [-0.39, 0.29) is 57.1 Å². The standard InChI is InChI=1S/C18H21N2O.C11H11NO2.CH4O.K/c1-2-6-15(7-3-1)21-20-16-11-10-14-5-4-12-19-18(14)17(16)13-8-9-13;1-7(13)9-5-4-8-3-2-6-12-10(8)11(9)14;1-2;/h4-5,10-13,15H,1-3,6-9H2;2-7,13-14H,1H3;2H,1H3;/q-1;;;+1. The molecule has 0 radical (unpaired) electrons. The number of aromatic nitrogens is 2. The molecule has 3 N–H and O–H groups in total. The number of pyridine rings is 2. The zero-order valence-corrected chi connectivity index (χ0v) is 25.7. The average Bonchev–Trinajstić information content (AvgIpc) is 3.79. The predicted molar refractivity (Wildman–Crippen MR) is 147 cm³/mol. The molecule has 6 rings (SSSR count). The van der Waals surface area contributed by atoms with E-state index in [1.807, 2.05) is 30.5 Å². The van der Waals surface area contributed by atoms with Crippen molar-refractivity contribution in [3.8, 4) is 5.75 Å². The van der Waals surface area contributed by atoms with Crippen molar-refractivity contribution in [2.45, 2.75) is 70.0 Å². The topological polar surface area (TPSA) is 110 Å². The molecule has 8 heteroatoms. The van der Waals surface area contributed by atoms with Crippen molar-refractivity contribution in [1.82, 2.24) is 9.97 Å². The van der Waals surface area contributed by atoms with Gasteiger partial charge in [-0.25, -0.2) is 0 Å². The molecule has 0 saturated heterocycles. The van der Waals surface area contributed by atoms with Crippen LogP contribution in [0.4, 0.5) is 5.69 Å². The van der Waals surface area contributed by atoms with Crippen molar-refractivity contribution < 1.29 is 71.5 Å². The Morgan fingerprint density at radius 2 is 1.45 bits per heavy atom. The third-order valence-corrected chi connectivity index (χ3v) is 6.86. The van der Waals surface area contributed by atoms with Gasteiger partial charge in [0.1, 0.15) is 11.3 Å². The van der Waals surface area contributed by atoms with Gasteiger partial charge in [-0.15, -0.1) is 5.69 Å². The summed E-state index contributed by atoms with van der Waals surface area (Å²) in [6.45, 7) is 1.61. The van der Waals surface area contributed by atoms with E-state index < -0.39 is 6.10 Å². The molecule has 0 aliphatic heterocycles. The number of rotatable bonds is 5. The van der Waals surface area contributed by atoms with Gasteiger partial charge in [-0.05, 0) is 56.2 Å². The summed E-state index contributed by atoms with van der Waals surface area (Å²) in [7, 11) is 1.00. The summed E-state index contributed by atoms with van der Waals surface area (Å²) in [6, 6.07) is 15.6. The fourth-order valence-electron chi connectivity index (χ4n) is 4.80. The first kappa shape index (κ1) is 30.9. The van der Waals surface area contributed by atoms with E-state index in [1.54, 1.807) is 19.2 Å². The number of aromatic hydroxyl groups is 1. The minimum absolute atomic E-state index is 0. The Balaban J connectivity index is 0.000000206. The first-order chi connectivity index (χ1) is 18.1. The molecular formula is C30H36KN3O4. The van der Waals surface area contributed by atoms with Crippen LogP contribution in [0.2, 0.25) is 0 Å². The molecule has 2 heterocycles. The van der Waals surface area contributed by atoms with Gasteiger partial charge < -0.3 is 25.6 Å². The van der Waals surface area contributed by atoms with Crippen LogP contribution in [0.25, 0.3) is 27.3 Å². The maximum atomic E-state index is 9.80. The third kappa shape index (κ3) is 7.73. The Labute approximate surface area is 267 Å². The summed E-state index contributed by atoms with van der Waals surface area (Å²) in [4.78, 5) is 14.5. The van der Waals surface area contributed by atoms with Crippen LogP contribution in [0.1, 0.15) is 75.0 Å². The fraction of sp³-hybridized carbons (Fsp3) is 0.400. The second-order valence-corrected chi connectivity index (χ2v) is 9.56. The van der Waals surface area contributed by atoms with Crippen LogP contribution in [0.5, 0.6) is 5.75 Å².